The van der Waals surface area contributed by atoms with E-state index in [0.717, 1.165) is 27.5 Å². The molecule has 0 aliphatic carbocycles. The van der Waals surface area contributed by atoms with Gasteiger partial charge < -0.3 is 9.52 Å². The second-order valence-electron chi connectivity index (χ2n) is 5.43. The molecule has 1 heterocycles. The molecule has 2 nitrogen and oxygen atoms in total. The van der Waals surface area contributed by atoms with Crippen LogP contribution < -0.4 is 0 Å². The van der Waals surface area contributed by atoms with Crippen molar-refractivity contribution < 1.29 is 9.52 Å². The zero-order valence-electron chi connectivity index (χ0n) is 12.0. The molecule has 0 unspecified atom stereocenters. The lowest BCUT2D eigenvalue weighted by Crippen LogP contribution is -1.99. The van der Waals surface area contributed by atoms with Gasteiger partial charge in [-0.05, 0) is 35.4 Å². The van der Waals surface area contributed by atoms with Crippen LogP contribution in [0.15, 0.2) is 65.1 Å². The van der Waals surface area contributed by atoms with Crippen LogP contribution in [0.25, 0.3) is 21.9 Å². The Morgan fingerprint density at radius 3 is 2.26 bits per heavy atom. The summed E-state index contributed by atoms with van der Waals surface area (Å²) in [5.41, 5.74) is 3.02. The van der Waals surface area contributed by atoms with Gasteiger partial charge in [0.05, 0.1) is 10.0 Å². The summed E-state index contributed by atoms with van der Waals surface area (Å²) in [7, 11) is 0. The maximum Gasteiger partial charge on any atom is 0.135 e. The fourth-order valence-electron chi connectivity index (χ4n) is 2.79. The topological polar surface area (TPSA) is 33.4 Å². The van der Waals surface area contributed by atoms with Crippen molar-refractivity contribution >= 4 is 45.1 Å². The van der Waals surface area contributed by atoms with Crippen molar-refractivity contribution in [2.45, 2.75) is 6.10 Å². The minimum Gasteiger partial charge on any atom is -0.456 e. The van der Waals surface area contributed by atoms with Gasteiger partial charge in [-0.1, -0.05) is 59.6 Å². The Hall–Kier alpha value is -2.00. The van der Waals surface area contributed by atoms with Crippen LogP contribution in [0.2, 0.25) is 10.0 Å². The molecule has 0 aliphatic rings. The zero-order chi connectivity index (χ0) is 16.0. The van der Waals surface area contributed by atoms with E-state index in [4.69, 9.17) is 27.6 Å². The van der Waals surface area contributed by atoms with Gasteiger partial charge >= 0.3 is 0 Å². The Kier molecular flexibility index (Phi) is 3.53. The van der Waals surface area contributed by atoms with Crippen LogP contribution in [-0.4, -0.2) is 5.11 Å². The monoisotopic (exact) mass is 342 g/mol. The van der Waals surface area contributed by atoms with Crippen molar-refractivity contribution in [3.05, 3.63) is 81.8 Å². The van der Waals surface area contributed by atoms with E-state index in [0.29, 0.717) is 15.6 Å². The summed E-state index contributed by atoms with van der Waals surface area (Å²) >= 11 is 12.0. The highest BCUT2D eigenvalue weighted by molar-refractivity contribution is 6.42. The minimum absolute atomic E-state index is 0.424. The fraction of sp³-hybridized carbons (Fsp3) is 0.0526. The van der Waals surface area contributed by atoms with Gasteiger partial charge in [0.2, 0.25) is 0 Å². The number of furan rings is 1. The van der Waals surface area contributed by atoms with E-state index in [2.05, 4.69) is 0 Å². The van der Waals surface area contributed by atoms with E-state index in [1.54, 1.807) is 18.2 Å². The molecule has 0 spiro atoms. The molecular weight excluding hydrogens is 331 g/mol. The highest BCUT2D eigenvalue weighted by Gasteiger charge is 2.14. The molecule has 0 aliphatic heterocycles. The van der Waals surface area contributed by atoms with Crippen molar-refractivity contribution in [1.82, 2.24) is 0 Å². The van der Waals surface area contributed by atoms with Gasteiger partial charge in [0.15, 0.2) is 0 Å². The number of hydrogen-bond acceptors (Lipinski definition) is 2. The number of halogens is 2. The van der Waals surface area contributed by atoms with E-state index >= 15 is 0 Å². The van der Waals surface area contributed by atoms with Crippen molar-refractivity contribution in [3.8, 4) is 0 Å². The van der Waals surface area contributed by atoms with E-state index in [-0.39, 0.29) is 0 Å². The maximum absolute atomic E-state index is 10.6. The summed E-state index contributed by atoms with van der Waals surface area (Å²) in [5, 5.41) is 13.6. The molecule has 4 heteroatoms. The number of aliphatic hydroxyl groups excluding tert-OH is 1. The number of aliphatic hydroxyl groups is 1. The van der Waals surface area contributed by atoms with Crippen molar-refractivity contribution in [1.29, 1.82) is 0 Å². The number of rotatable bonds is 2. The molecule has 0 saturated carbocycles. The number of benzene rings is 3. The van der Waals surface area contributed by atoms with E-state index in [1.807, 2.05) is 42.5 Å². The van der Waals surface area contributed by atoms with Gasteiger partial charge in [-0.2, -0.15) is 0 Å². The molecule has 1 atom stereocenters. The van der Waals surface area contributed by atoms with E-state index in [9.17, 15) is 5.11 Å². The molecule has 4 aromatic rings. The van der Waals surface area contributed by atoms with Crippen LogP contribution in [0.5, 0.6) is 0 Å². The molecule has 0 saturated heterocycles. The molecule has 0 fully saturated rings. The van der Waals surface area contributed by atoms with Gasteiger partial charge in [-0.3, -0.25) is 0 Å². The Labute approximate surface area is 142 Å². The lowest BCUT2D eigenvalue weighted by molar-refractivity contribution is 0.220. The number of para-hydroxylation sites is 1. The average Bonchev–Trinajstić information content (AvgIpc) is 2.94. The minimum atomic E-state index is -0.789. The number of fused-ring (bicyclic) bond motifs is 3. The van der Waals surface area contributed by atoms with Crippen LogP contribution in [0.4, 0.5) is 0 Å². The van der Waals surface area contributed by atoms with Crippen LogP contribution in [0.3, 0.4) is 0 Å². The summed E-state index contributed by atoms with van der Waals surface area (Å²) in [4.78, 5) is 0. The van der Waals surface area contributed by atoms with Crippen LogP contribution >= 0.6 is 23.2 Å². The van der Waals surface area contributed by atoms with Gasteiger partial charge in [0.1, 0.15) is 17.3 Å². The van der Waals surface area contributed by atoms with Crippen molar-refractivity contribution in [2.75, 3.05) is 0 Å². The molecular formula is C19H12Cl2O2. The average molecular weight is 343 g/mol. The fourth-order valence-corrected chi connectivity index (χ4v) is 3.09. The highest BCUT2D eigenvalue weighted by atomic mass is 35.5. The van der Waals surface area contributed by atoms with Gasteiger partial charge in [0.25, 0.3) is 0 Å². The lowest BCUT2D eigenvalue weighted by atomic mass is 10.0. The Morgan fingerprint density at radius 1 is 0.739 bits per heavy atom. The predicted octanol–water partition coefficient (Wildman–Crippen LogP) is 5.97. The normalized spacial score (nSPS) is 12.8. The SMILES string of the molecule is O[C@@H](c1ccc(Cl)c(Cl)c1)c1ccc2c(c1)oc1ccccc12. The van der Waals surface area contributed by atoms with Crippen LogP contribution in [0, 0.1) is 0 Å². The third kappa shape index (κ3) is 2.49. The summed E-state index contributed by atoms with van der Waals surface area (Å²) in [5.74, 6) is 0. The second-order valence-corrected chi connectivity index (χ2v) is 6.24. The Balaban J connectivity index is 1.81. The zero-order valence-corrected chi connectivity index (χ0v) is 13.5. The third-order valence-electron chi connectivity index (χ3n) is 3.98. The third-order valence-corrected chi connectivity index (χ3v) is 4.72. The molecule has 0 amide bonds. The predicted molar refractivity (Wildman–Crippen MR) is 94.2 cm³/mol. The first-order chi connectivity index (χ1) is 11.1. The van der Waals surface area contributed by atoms with Gasteiger partial charge in [0, 0.05) is 10.8 Å². The lowest BCUT2D eigenvalue weighted by Gasteiger charge is -2.12. The first-order valence-corrected chi connectivity index (χ1v) is 7.93. The number of hydrogen-bond donors (Lipinski definition) is 1. The molecule has 0 radical (unpaired) electrons. The first kappa shape index (κ1) is 14.6. The first-order valence-electron chi connectivity index (χ1n) is 7.18. The molecule has 4 rings (SSSR count). The molecule has 23 heavy (non-hydrogen) atoms. The highest BCUT2D eigenvalue weighted by Crippen LogP contribution is 2.33. The summed E-state index contributed by atoms with van der Waals surface area (Å²) < 4.78 is 5.86. The maximum atomic E-state index is 10.6. The molecule has 3 aromatic carbocycles. The van der Waals surface area contributed by atoms with E-state index in [1.165, 1.54) is 0 Å². The molecule has 0 bridgehead atoms. The summed E-state index contributed by atoms with van der Waals surface area (Å²) in [6.45, 7) is 0. The quantitative estimate of drug-likeness (QED) is 0.486. The molecule has 114 valence electrons. The van der Waals surface area contributed by atoms with Gasteiger partial charge in [-0.25, -0.2) is 0 Å². The summed E-state index contributed by atoms with van der Waals surface area (Å²) in [6.07, 6.45) is -0.789. The summed E-state index contributed by atoms with van der Waals surface area (Å²) in [6, 6.07) is 18.7. The standard InChI is InChI=1S/C19H12Cl2O2/c20-15-8-6-11(9-16(15)21)19(22)12-5-7-14-13-3-1-2-4-17(13)23-18(14)10-12/h1-10,19,22H/t19-/m0/s1. The Morgan fingerprint density at radius 2 is 1.43 bits per heavy atom. The van der Waals surface area contributed by atoms with Crippen LogP contribution in [-0.2, 0) is 0 Å². The van der Waals surface area contributed by atoms with Crippen LogP contribution in [0.1, 0.15) is 17.2 Å². The molecule has 1 N–H and O–H groups in total. The van der Waals surface area contributed by atoms with Crippen molar-refractivity contribution in [3.63, 3.8) is 0 Å². The Bertz CT molecular complexity index is 1020. The van der Waals surface area contributed by atoms with Gasteiger partial charge in [-0.15, -0.1) is 0 Å². The van der Waals surface area contributed by atoms with Crippen molar-refractivity contribution in [2.24, 2.45) is 0 Å². The van der Waals surface area contributed by atoms with E-state index < -0.39 is 6.10 Å². The largest absolute Gasteiger partial charge is 0.456 e. The second kappa shape index (κ2) is 5.57. The smallest absolute Gasteiger partial charge is 0.135 e. The molecule has 1 aromatic heterocycles.